The number of hydrogen-bond donors (Lipinski definition) is 0. The maximum absolute atomic E-state index is 5.26. The molecule has 5 heteroatoms. The van der Waals surface area contributed by atoms with Crippen LogP contribution in [0.25, 0.3) is 93.0 Å². The lowest BCUT2D eigenvalue weighted by Gasteiger charge is -2.15. The molecule has 7 aromatic carbocycles. The summed E-state index contributed by atoms with van der Waals surface area (Å²) < 4.78 is 4.95. The van der Waals surface area contributed by atoms with Gasteiger partial charge >= 0.3 is 0 Å². The van der Waals surface area contributed by atoms with Gasteiger partial charge in [-0.05, 0) is 47.5 Å². The van der Waals surface area contributed by atoms with Gasteiger partial charge in [-0.3, -0.25) is 0 Å². The first-order valence-corrected chi connectivity index (χ1v) is 17.5. The van der Waals surface area contributed by atoms with Gasteiger partial charge in [0.2, 0.25) is 0 Å². The average Bonchev–Trinajstić information content (AvgIpc) is 3.72. The Balaban J connectivity index is 1.25. The highest BCUT2D eigenvalue weighted by Crippen LogP contribution is 2.42. The molecule has 0 N–H and O–H groups in total. The third-order valence-electron chi connectivity index (χ3n) is 9.48. The molecule has 0 aliphatic heterocycles. The Morgan fingerprint density at radius 3 is 1.74 bits per heavy atom. The molecule has 0 spiro atoms. The van der Waals surface area contributed by atoms with Crippen LogP contribution in [0.5, 0.6) is 0 Å². The van der Waals surface area contributed by atoms with E-state index in [0.29, 0.717) is 17.5 Å². The average molecular weight is 657 g/mol. The van der Waals surface area contributed by atoms with Gasteiger partial charge in [0.25, 0.3) is 0 Å². The largest absolute Gasteiger partial charge is 0.308 e. The van der Waals surface area contributed by atoms with Gasteiger partial charge in [0.15, 0.2) is 17.5 Å². The Bertz CT molecular complexity index is 2870. The van der Waals surface area contributed by atoms with E-state index in [1.54, 1.807) is 0 Å². The maximum atomic E-state index is 5.26. The van der Waals surface area contributed by atoms with Crippen molar-refractivity contribution in [2.75, 3.05) is 0 Å². The number of thiophene rings is 1. The van der Waals surface area contributed by atoms with Crippen LogP contribution < -0.4 is 0 Å². The summed E-state index contributed by atoms with van der Waals surface area (Å²) in [5, 5.41) is 5.03. The summed E-state index contributed by atoms with van der Waals surface area (Å²) in [6.45, 7) is 0. The molecule has 3 aromatic heterocycles. The van der Waals surface area contributed by atoms with Crippen LogP contribution in [0.3, 0.4) is 0 Å². The van der Waals surface area contributed by atoms with Gasteiger partial charge in [-0.1, -0.05) is 133 Å². The van der Waals surface area contributed by atoms with Crippen molar-refractivity contribution in [2.24, 2.45) is 0 Å². The van der Waals surface area contributed by atoms with E-state index in [4.69, 9.17) is 15.0 Å². The predicted molar refractivity (Wildman–Crippen MR) is 209 cm³/mol. The summed E-state index contributed by atoms with van der Waals surface area (Å²) in [6, 6.07) is 59.5. The molecule has 10 aromatic rings. The molecule has 0 fully saturated rings. The van der Waals surface area contributed by atoms with Crippen LogP contribution in [0.2, 0.25) is 0 Å². The third kappa shape index (κ3) is 4.63. The molecule has 0 unspecified atom stereocenters. The fourth-order valence-corrected chi connectivity index (χ4v) is 8.31. The lowest BCUT2D eigenvalue weighted by atomic mass is 9.99. The van der Waals surface area contributed by atoms with Gasteiger partial charge in [-0.25, -0.2) is 15.0 Å². The molecule has 234 valence electrons. The minimum Gasteiger partial charge on any atom is -0.308 e. The Hall–Kier alpha value is -6.43. The molecular weight excluding hydrogens is 629 g/mol. The van der Waals surface area contributed by atoms with Crippen molar-refractivity contribution in [3.8, 4) is 51.0 Å². The zero-order valence-corrected chi connectivity index (χ0v) is 27.7. The van der Waals surface area contributed by atoms with Gasteiger partial charge in [0.05, 0.1) is 16.7 Å². The second-order valence-electron chi connectivity index (χ2n) is 12.4. The van der Waals surface area contributed by atoms with E-state index in [1.165, 1.54) is 30.9 Å². The zero-order valence-electron chi connectivity index (χ0n) is 26.9. The Morgan fingerprint density at radius 1 is 0.360 bits per heavy atom. The number of rotatable bonds is 5. The topological polar surface area (TPSA) is 43.6 Å². The number of hydrogen-bond acceptors (Lipinski definition) is 4. The first-order chi connectivity index (χ1) is 24.8. The van der Waals surface area contributed by atoms with Crippen LogP contribution >= 0.6 is 11.3 Å². The van der Waals surface area contributed by atoms with Gasteiger partial charge in [-0.2, -0.15) is 0 Å². The van der Waals surface area contributed by atoms with Crippen molar-refractivity contribution in [2.45, 2.75) is 0 Å². The minimum atomic E-state index is 0.626. The summed E-state index contributed by atoms with van der Waals surface area (Å²) in [5.74, 6) is 1.90. The molecule has 0 radical (unpaired) electrons. The van der Waals surface area contributed by atoms with Crippen molar-refractivity contribution >= 4 is 53.3 Å². The molecule has 0 aliphatic carbocycles. The SMILES string of the molecule is c1ccc(-c2nc(-c3ccccc3-c3ccccc3)nc(-c3ccccc3-n3c4ccccc4c4cc5c(cc43)sc3ccccc35)n2)cc1. The van der Waals surface area contributed by atoms with E-state index in [1.807, 2.05) is 41.7 Å². The van der Waals surface area contributed by atoms with E-state index < -0.39 is 0 Å². The third-order valence-corrected chi connectivity index (χ3v) is 10.6. The minimum absolute atomic E-state index is 0.626. The van der Waals surface area contributed by atoms with E-state index in [2.05, 4.69) is 144 Å². The molecule has 3 heterocycles. The highest BCUT2D eigenvalue weighted by atomic mass is 32.1. The van der Waals surface area contributed by atoms with Crippen LogP contribution in [0.1, 0.15) is 0 Å². The number of benzene rings is 7. The fraction of sp³-hybridized carbons (Fsp3) is 0. The van der Waals surface area contributed by atoms with Crippen molar-refractivity contribution in [1.82, 2.24) is 19.5 Å². The molecule has 0 atom stereocenters. The van der Waals surface area contributed by atoms with E-state index in [-0.39, 0.29) is 0 Å². The molecule has 0 saturated carbocycles. The van der Waals surface area contributed by atoms with Gasteiger partial charge in [-0.15, -0.1) is 11.3 Å². The first kappa shape index (κ1) is 28.6. The summed E-state index contributed by atoms with van der Waals surface area (Å²) in [4.78, 5) is 15.5. The Labute approximate surface area is 292 Å². The van der Waals surface area contributed by atoms with Crippen LogP contribution in [0.4, 0.5) is 0 Å². The number of nitrogens with zero attached hydrogens (tertiary/aromatic N) is 4. The molecular formula is C45H28N4S. The van der Waals surface area contributed by atoms with Crippen LogP contribution in [-0.4, -0.2) is 19.5 Å². The second kappa shape index (κ2) is 11.6. The maximum Gasteiger partial charge on any atom is 0.166 e. The van der Waals surface area contributed by atoms with Crippen molar-refractivity contribution < 1.29 is 0 Å². The summed E-state index contributed by atoms with van der Waals surface area (Å²) in [5.41, 5.74) is 8.35. The Kier molecular flexibility index (Phi) is 6.64. The summed E-state index contributed by atoms with van der Waals surface area (Å²) in [7, 11) is 0. The quantitative estimate of drug-likeness (QED) is 0.185. The molecule has 0 aliphatic rings. The van der Waals surface area contributed by atoms with E-state index in [9.17, 15) is 0 Å². The van der Waals surface area contributed by atoms with Gasteiger partial charge in [0, 0.05) is 47.6 Å². The van der Waals surface area contributed by atoms with Gasteiger partial charge < -0.3 is 4.57 Å². The zero-order chi connectivity index (χ0) is 33.0. The Morgan fingerprint density at radius 2 is 0.940 bits per heavy atom. The normalized spacial score (nSPS) is 11.6. The molecule has 0 amide bonds. The van der Waals surface area contributed by atoms with Crippen LogP contribution in [0.15, 0.2) is 170 Å². The smallest absolute Gasteiger partial charge is 0.166 e. The monoisotopic (exact) mass is 656 g/mol. The van der Waals surface area contributed by atoms with Crippen molar-refractivity contribution in [1.29, 1.82) is 0 Å². The number of fused-ring (bicyclic) bond motifs is 6. The highest BCUT2D eigenvalue weighted by Gasteiger charge is 2.21. The molecule has 4 nitrogen and oxygen atoms in total. The highest BCUT2D eigenvalue weighted by molar-refractivity contribution is 7.25. The van der Waals surface area contributed by atoms with Crippen molar-refractivity contribution in [3.05, 3.63) is 170 Å². The summed E-state index contributed by atoms with van der Waals surface area (Å²) >= 11 is 1.84. The van der Waals surface area contributed by atoms with Crippen LogP contribution in [0, 0.1) is 0 Å². The predicted octanol–water partition coefficient (Wildman–Crippen LogP) is 12.0. The second-order valence-corrected chi connectivity index (χ2v) is 13.5. The van der Waals surface area contributed by atoms with Gasteiger partial charge in [0.1, 0.15) is 0 Å². The molecule has 50 heavy (non-hydrogen) atoms. The number of para-hydroxylation sites is 2. The lowest BCUT2D eigenvalue weighted by Crippen LogP contribution is -2.04. The fourth-order valence-electron chi connectivity index (χ4n) is 7.19. The lowest BCUT2D eigenvalue weighted by molar-refractivity contribution is 1.06. The first-order valence-electron chi connectivity index (χ1n) is 16.7. The van der Waals surface area contributed by atoms with E-state index in [0.717, 1.165) is 44.5 Å². The number of aromatic nitrogens is 4. The van der Waals surface area contributed by atoms with E-state index >= 15 is 0 Å². The van der Waals surface area contributed by atoms with Crippen molar-refractivity contribution in [3.63, 3.8) is 0 Å². The van der Waals surface area contributed by atoms with Crippen LogP contribution in [-0.2, 0) is 0 Å². The summed E-state index contributed by atoms with van der Waals surface area (Å²) in [6.07, 6.45) is 0. The molecule has 0 saturated heterocycles. The molecule has 0 bridgehead atoms. The molecule has 10 rings (SSSR count). The standard InChI is InChI=1S/C45H28N4S/c1-3-15-29(16-4-1)31-19-7-8-22-34(31)44-46-43(30-17-5-2-6-18-30)47-45(48-44)35-23-10-13-25-39(35)49-38-24-12-9-20-32(38)36-27-37-33-21-11-14-26-41(33)50-42(37)28-40(36)49/h1-28H.